The number of nitrogens with one attached hydrogen (secondary N) is 1. The normalized spacial score (nSPS) is 20.7. The van der Waals surface area contributed by atoms with Gasteiger partial charge in [-0.05, 0) is 19.3 Å². The average molecular weight is 282 g/mol. The summed E-state index contributed by atoms with van der Waals surface area (Å²) in [6.07, 6.45) is -1.46. The van der Waals surface area contributed by atoms with Gasteiger partial charge in [-0.15, -0.1) is 0 Å². The molecule has 0 unspecified atom stereocenters. The molecule has 0 radical (unpaired) electrons. The first kappa shape index (κ1) is 16.7. The van der Waals surface area contributed by atoms with E-state index < -0.39 is 12.8 Å². The Morgan fingerprint density at radius 3 is 2.53 bits per heavy atom. The highest BCUT2D eigenvalue weighted by molar-refractivity contribution is 4.93. The van der Waals surface area contributed by atoms with Gasteiger partial charge in [0.2, 0.25) is 0 Å². The molecular weight excluding hydrogens is 257 g/mol. The van der Waals surface area contributed by atoms with Crippen LogP contribution in [0.5, 0.6) is 0 Å². The molecule has 0 aromatic carbocycles. The van der Waals surface area contributed by atoms with Gasteiger partial charge < -0.3 is 10.1 Å². The van der Waals surface area contributed by atoms with Crippen LogP contribution in [0, 0.1) is 0 Å². The van der Waals surface area contributed by atoms with Gasteiger partial charge in [0.15, 0.2) is 0 Å². The SMILES string of the molecule is CCC1(CC)CNCCN1CCCOCC(F)(F)F. The highest BCUT2D eigenvalue weighted by atomic mass is 19.4. The van der Waals surface area contributed by atoms with E-state index in [1.165, 1.54) is 0 Å². The van der Waals surface area contributed by atoms with Gasteiger partial charge in [-0.2, -0.15) is 13.2 Å². The molecule has 0 aromatic rings. The Bertz CT molecular complexity index is 255. The number of hydrogen-bond acceptors (Lipinski definition) is 3. The molecular formula is C13H25F3N2O. The first-order valence-corrected chi connectivity index (χ1v) is 7.04. The third-order valence-electron chi connectivity index (χ3n) is 3.98. The number of nitrogens with zero attached hydrogens (tertiary/aromatic N) is 1. The van der Waals surface area contributed by atoms with Crippen LogP contribution in [-0.2, 0) is 4.74 Å². The molecule has 19 heavy (non-hydrogen) atoms. The summed E-state index contributed by atoms with van der Waals surface area (Å²) in [6.45, 7) is 7.05. The fraction of sp³-hybridized carbons (Fsp3) is 1.00. The van der Waals surface area contributed by atoms with E-state index in [0.717, 1.165) is 39.0 Å². The second-order valence-corrected chi connectivity index (χ2v) is 5.12. The van der Waals surface area contributed by atoms with Crippen molar-refractivity contribution in [1.29, 1.82) is 0 Å². The summed E-state index contributed by atoms with van der Waals surface area (Å²) in [5.41, 5.74) is 0.155. The van der Waals surface area contributed by atoms with Crippen LogP contribution >= 0.6 is 0 Å². The summed E-state index contributed by atoms with van der Waals surface area (Å²) >= 11 is 0. The average Bonchev–Trinajstić information content (AvgIpc) is 2.37. The molecule has 1 N–H and O–H groups in total. The molecule has 1 aliphatic heterocycles. The van der Waals surface area contributed by atoms with Crippen molar-refractivity contribution in [3.8, 4) is 0 Å². The Hall–Kier alpha value is -0.330. The molecule has 1 heterocycles. The maximum absolute atomic E-state index is 11.9. The second kappa shape index (κ2) is 7.45. The van der Waals surface area contributed by atoms with Gasteiger partial charge in [-0.3, -0.25) is 4.90 Å². The number of alkyl halides is 3. The first-order valence-electron chi connectivity index (χ1n) is 7.04. The Kier molecular flexibility index (Phi) is 6.56. The molecule has 1 fully saturated rings. The molecule has 0 aliphatic carbocycles. The van der Waals surface area contributed by atoms with Crippen LogP contribution in [0.3, 0.4) is 0 Å². The number of hydrogen-bond donors (Lipinski definition) is 1. The molecule has 0 spiro atoms. The molecule has 0 amide bonds. The van der Waals surface area contributed by atoms with Gasteiger partial charge in [0.25, 0.3) is 0 Å². The van der Waals surface area contributed by atoms with Crippen LogP contribution in [-0.4, -0.2) is 56.0 Å². The van der Waals surface area contributed by atoms with Crippen molar-refractivity contribution in [2.45, 2.75) is 44.8 Å². The van der Waals surface area contributed by atoms with E-state index in [1.807, 2.05) is 0 Å². The van der Waals surface area contributed by atoms with E-state index in [2.05, 4.69) is 28.8 Å². The minimum Gasteiger partial charge on any atom is -0.372 e. The van der Waals surface area contributed by atoms with Crippen molar-refractivity contribution in [1.82, 2.24) is 10.2 Å². The van der Waals surface area contributed by atoms with Gasteiger partial charge in [0, 0.05) is 38.3 Å². The lowest BCUT2D eigenvalue weighted by atomic mass is 9.88. The lowest BCUT2D eigenvalue weighted by Gasteiger charge is -2.47. The summed E-state index contributed by atoms with van der Waals surface area (Å²) < 4.78 is 40.4. The predicted molar refractivity (Wildman–Crippen MR) is 69.2 cm³/mol. The molecule has 0 atom stereocenters. The molecule has 1 saturated heterocycles. The number of piperazine rings is 1. The summed E-state index contributed by atoms with van der Waals surface area (Å²) in [5.74, 6) is 0. The van der Waals surface area contributed by atoms with Crippen LogP contribution in [0.15, 0.2) is 0 Å². The quantitative estimate of drug-likeness (QED) is 0.726. The largest absolute Gasteiger partial charge is 0.411 e. The zero-order valence-electron chi connectivity index (χ0n) is 11.9. The van der Waals surface area contributed by atoms with Crippen LogP contribution in [0.2, 0.25) is 0 Å². The second-order valence-electron chi connectivity index (χ2n) is 5.12. The van der Waals surface area contributed by atoms with Crippen LogP contribution in [0.25, 0.3) is 0 Å². The standard InChI is InChI=1S/C13H25F3N2O/c1-3-12(4-2)10-17-6-8-18(12)7-5-9-19-11-13(14,15)16/h17H,3-11H2,1-2H3. The van der Waals surface area contributed by atoms with Crippen LogP contribution < -0.4 is 5.32 Å². The third-order valence-corrected chi connectivity index (χ3v) is 3.98. The molecule has 3 nitrogen and oxygen atoms in total. The minimum atomic E-state index is -4.22. The van der Waals surface area contributed by atoms with E-state index >= 15 is 0 Å². The van der Waals surface area contributed by atoms with E-state index in [0.29, 0.717) is 6.42 Å². The molecule has 0 saturated carbocycles. The van der Waals surface area contributed by atoms with Gasteiger partial charge in [-0.25, -0.2) is 0 Å². The van der Waals surface area contributed by atoms with Crippen LogP contribution in [0.1, 0.15) is 33.1 Å². The highest BCUT2D eigenvalue weighted by Crippen LogP contribution is 2.25. The molecule has 0 aromatic heterocycles. The fourth-order valence-corrected chi connectivity index (χ4v) is 2.73. The lowest BCUT2D eigenvalue weighted by Crippen LogP contribution is -2.60. The first-order chi connectivity index (χ1) is 8.93. The monoisotopic (exact) mass is 282 g/mol. The smallest absolute Gasteiger partial charge is 0.372 e. The van der Waals surface area contributed by atoms with Crippen molar-refractivity contribution in [3.63, 3.8) is 0 Å². The number of rotatable bonds is 7. The number of ether oxygens (including phenoxy) is 1. The number of halogens is 3. The lowest BCUT2D eigenvalue weighted by molar-refractivity contribution is -0.174. The van der Waals surface area contributed by atoms with Crippen molar-refractivity contribution < 1.29 is 17.9 Å². The van der Waals surface area contributed by atoms with E-state index in [1.54, 1.807) is 0 Å². The molecule has 1 rings (SSSR count). The summed E-state index contributed by atoms with van der Waals surface area (Å²) in [6, 6.07) is 0. The Labute approximate surface area is 113 Å². The highest BCUT2D eigenvalue weighted by Gasteiger charge is 2.35. The van der Waals surface area contributed by atoms with Crippen LogP contribution in [0.4, 0.5) is 13.2 Å². The fourth-order valence-electron chi connectivity index (χ4n) is 2.73. The zero-order valence-corrected chi connectivity index (χ0v) is 11.9. The van der Waals surface area contributed by atoms with Gasteiger partial charge in [-0.1, -0.05) is 13.8 Å². The molecule has 0 bridgehead atoms. The summed E-state index contributed by atoms with van der Waals surface area (Å²) in [5, 5.41) is 3.41. The van der Waals surface area contributed by atoms with Gasteiger partial charge >= 0.3 is 6.18 Å². The molecule has 6 heteroatoms. The van der Waals surface area contributed by atoms with Crippen molar-refractivity contribution >= 4 is 0 Å². The Balaban J connectivity index is 2.30. The maximum Gasteiger partial charge on any atom is 0.411 e. The topological polar surface area (TPSA) is 24.5 Å². The summed E-state index contributed by atoms with van der Waals surface area (Å²) in [4.78, 5) is 2.40. The van der Waals surface area contributed by atoms with E-state index in [9.17, 15) is 13.2 Å². The Morgan fingerprint density at radius 2 is 1.95 bits per heavy atom. The summed E-state index contributed by atoms with van der Waals surface area (Å²) in [7, 11) is 0. The van der Waals surface area contributed by atoms with E-state index in [-0.39, 0.29) is 12.1 Å². The van der Waals surface area contributed by atoms with Crippen molar-refractivity contribution in [2.75, 3.05) is 39.4 Å². The van der Waals surface area contributed by atoms with Crippen molar-refractivity contribution in [3.05, 3.63) is 0 Å². The molecule has 1 aliphatic rings. The van der Waals surface area contributed by atoms with Gasteiger partial charge in [0.05, 0.1) is 0 Å². The third kappa shape index (κ3) is 5.28. The zero-order chi connectivity index (χ0) is 14.4. The molecule has 114 valence electrons. The van der Waals surface area contributed by atoms with Gasteiger partial charge in [0.1, 0.15) is 6.61 Å². The predicted octanol–water partition coefficient (Wildman–Crippen LogP) is 2.42. The minimum absolute atomic E-state index is 0.155. The van der Waals surface area contributed by atoms with Crippen molar-refractivity contribution in [2.24, 2.45) is 0 Å². The van der Waals surface area contributed by atoms with E-state index in [4.69, 9.17) is 0 Å². The maximum atomic E-state index is 11.9. The Morgan fingerprint density at radius 1 is 1.26 bits per heavy atom.